The molecular weight excluding hydrogens is 296 g/mol. The predicted octanol–water partition coefficient (Wildman–Crippen LogP) is 6.52. The van der Waals surface area contributed by atoms with E-state index in [1.165, 1.54) is 24.8 Å². The summed E-state index contributed by atoms with van der Waals surface area (Å²) in [5.41, 5.74) is 3.98. The Hall–Kier alpha value is -2.35. The molecule has 24 heavy (non-hydrogen) atoms. The molecule has 1 N–H and O–H groups in total. The van der Waals surface area contributed by atoms with E-state index in [2.05, 4.69) is 26.0 Å². The third kappa shape index (κ3) is 3.59. The van der Waals surface area contributed by atoms with Gasteiger partial charge in [0, 0.05) is 6.07 Å². The van der Waals surface area contributed by atoms with E-state index in [1.807, 2.05) is 30.3 Å². The Bertz CT molecular complexity index is 822. The van der Waals surface area contributed by atoms with Gasteiger partial charge in [0.25, 0.3) is 0 Å². The van der Waals surface area contributed by atoms with E-state index in [9.17, 15) is 5.11 Å². The molecule has 3 aromatic rings. The predicted molar refractivity (Wildman–Crippen MR) is 100 cm³/mol. The van der Waals surface area contributed by atoms with Gasteiger partial charge in [0.15, 0.2) is 0 Å². The van der Waals surface area contributed by atoms with Gasteiger partial charge in [0.2, 0.25) is 0 Å². The summed E-state index contributed by atoms with van der Waals surface area (Å²) in [5, 5.41) is 11.4. The van der Waals surface area contributed by atoms with Crippen LogP contribution in [-0.2, 0) is 6.42 Å². The SMILES string of the molecule is CCCCCCc1cc2c(C)cc(-c3ccccc3)[o+]c2cc1O. The van der Waals surface area contributed by atoms with Crippen LogP contribution < -0.4 is 0 Å². The number of hydrogen-bond donors (Lipinski definition) is 1. The molecule has 0 fully saturated rings. The zero-order valence-corrected chi connectivity index (χ0v) is 14.5. The van der Waals surface area contributed by atoms with E-state index in [0.29, 0.717) is 5.75 Å². The normalized spacial score (nSPS) is 11.1. The second-order valence-corrected chi connectivity index (χ2v) is 6.45. The smallest absolute Gasteiger partial charge is 0.364 e. The molecular formula is C22H25O2+. The van der Waals surface area contributed by atoms with Gasteiger partial charge in [0.1, 0.15) is 5.75 Å². The van der Waals surface area contributed by atoms with Gasteiger partial charge in [-0.1, -0.05) is 44.4 Å². The molecule has 0 spiro atoms. The maximum atomic E-state index is 10.4. The third-order valence-electron chi connectivity index (χ3n) is 4.53. The van der Waals surface area contributed by atoms with E-state index in [0.717, 1.165) is 40.7 Å². The Morgan fingerprint density at radius 2 is 1.75 bits per heavy atom. The maximum absolute atomic E-state index is 10.4. The number of benzene rings is 2. The van der Waals surface area contributed by atoms with E-state index >= 15 is 0 Å². The zero-order chi connectivity index (χ0) is 16.9. The lowest BCUT2D eigenvalue weighted by molar-refractivity contribution is 0.465. The molecule has 2 heteroatoms. The minimum absolute atomic E-state index is 0.340. The Kier molecular flexibility index (Phi) is 5.14. The summed E-state index contributed by atoms with van der Waals surface area (Å²) in [4.78, 5) is 0. The molecule has 2 nitrogen and oxygen atoms in total. The van der Waals surface area contributed by atoms with Crippen LogP contribution in [0.15, 0.2) is 52.9 Å². The van der Waals surface area contributed by atoms with Gasteiger partial charge in [-0.2, -0.15) is 0 Å². The van der Waals surface area contributed by atoms with Crippen LogP contribution in [0.2, 0.25) is 0 Å². The molecule has 2 aromatic carbocycles. The molecule has 0 unspecified atom stereocenters. The molecule has 0 aliphatic heterocycles. The summed E-state index contributed by atoms with van der Waals surface area (Å²) in [6.07, 6.45) is 5.73. The van der Waals surface area contributed by atoms with Gasteiger partial charge in [0.05, 0.1) is 17.0 Å². The van der Waals surface area contributed by atoms with Gasteiger partial charge in [-0.05, 0) is 49.1 Å². The Morgan fingerprint density at radius 1 is 0.958 bits per heavy atom. The molecule has 1 aromatic heterocycles. The zero-order valence-electron chi connectivity index (χ0n) is 14.5. The average molecular weight is 321 g/mol. The van der Waals surface area contributed by atoms with Crippen LogP contribution >= 0.6 is 0 Å². The van der Waals surface area contributed by atoms with Crippen molar-refractivity contribution in [1.29, 1.82) is 0 Å². The highest BCUT2D eigenvalue weighted by Crippen LogP contribution is 2.32. The highest BCUT2D eigenvalue weighted by molar-refractivity contribution is 5.84. The van der Waals surface area contributed by atoms with Crippen molar-refractivity contribution >= 4 is 11.0 Å². The molecule has 0 saturated carbocycles. The van der Waals surface area contributed by atoms with Gasteiger partial charge in [-0.25, -0.2) is 4.42 Å². The summed E-state index contributed by atoms with van der Waals surface area (Å²) in [6, 6.07) is 16.0. The molecule has 0 radical (unpaired) electrons. The van der Waals surface area contributed by atoms with E-state index in [1.54, 1.807) is 6.07 Å². The van der Waals surface area contributed by atoms with E-state index < -0.39 is 0 Å². The van der Waals surface area contributed by atoms with Crippen molar-refractivity contribution in [2.45, 2.75) is 46.0 Å². The van der Waals surface area contributed by atoms with Gasteiger partial charge in [-0.3, -0.25) is 0 Å². The van der Waals surface area contributed by atoms with Crippen molar-refractivity contribution in [3.63, 3.8) is 0 Å². The Morgan fingerprint density at radius 3 is 2.50 bits per heavy atom. The number of unbranched alkanes of at least 4 members (excludes halogenated alkanes) is 3. The first-order valence-electron chi connectivity index (χ1n) is 8.84. The molecule has 0 amide bonds. The summed E-state index contributed by atoms with van der Waals surface area (Å²) >= 11 is 0. The van der Waals surface area contributed by atoms with Crippen LogP contribution in [-0.4, -0.2) is 5.11 Å². The van der Waals surface area contributed by atoms with Crippen LogP contribution in [0.4, 0.5) is 0 Å². The highest BCUT2D eigenvalue weighted by Gasteiger charge is 2.19. The van der Waals surface area contributed by atoms with E-state index in [-0.39, 0.29) is 0 Å². The quantitative estimate of drug-likeness (QED) is 0.414. The topological polar surface area (TPSA) is 31.5 Å². The maximum Gasteiger partial charge on any atom is 0.364 e. The summed E-state index contributed by atoms with van der Waals surface area (Å²) in [7, 11) is 0. The van der Waals surface area contributed by atoms with Crippen molar-refractivity contribution in [2.75, 3.05) is 0 Å². The fraction of sp³-hybridized carbons (Fsp3) is 0.318. The van der Waals surface area contributed by atoms with Crippen molar-refractivity contribution < 1.29 is 9.52 Å². The van der Waals surface area contributed by atoms with Gasteiger partial charge in [-0.15, -0.1) is 0 Å². The van der Waals surface area contributed by atoms with Crippen molar-refractivity contribution in [1.82, 2.24) is 0 Å². The number of aryl methyl sites for hydroxylation is 2. The summed E-state index contributed by atoms with van der Waals surface area (Å²) < 4.78 is 6.05. The lowest BCUT2D eigenvalue weighted by Crippen LogP contribution is -1.90. The highest BCUT2D eigenvalue weighted by atomic mass is 16.3. The molecule has 1 heterocycles. The Labute approximate surface area is 143 Å². The monoisotopic (exact) mass is 321 g/mol. The molecule has 0 aliphatic rings. The van der Waals surface area contributed by atoms with Crippen LogP contribution in [0.5, 0.6) is 5.75 Å². The lowest BCUT2D eigenvalue weighted by atomic mass is 10.0. The van der Waals surface area contributed by atoms with E-state index in [4.69, 9.17) is 4.42 Å². The number of aromatic hydroxyl groups is 1. The van der Waals surface area contributed by atoms with Crippen LogP contribution in [0.25, 0.3) is 22.3 Å². The average Bonchev–Trinajstić information content (AvgIpc) is 2.60. The molecule has 0 aliphatic carbocycles. The van der Waals surface area contributed by atoms with Crippen LogP contribution in [0, 0.1) is 6.92 Å². The minimum atomic E-state index is 0.340. The second kappa shape index (κ2) is 7.48. The fourth-order valence-electron chi connectivity index (χ4n) is 3.12. The minimum Gasteiger partial charge on any atom is -0.507 e. The summed E-state index contributed by atoms with van der Waals surface area (Å²) in [6.45, 7) is 4.31. The van der Waals surface area contributed by atoms with Crippen LogP contribution in [0.3, 0.4) is 0 Å². The first-order valence-corrected chi connectivity index (χ1v) is 8.84. The number of hydrogen-bond acceptors (Lipinski definition) is 1. The Balaban J connectivity index is 1.95. The largest absolute Gasteiger partial charge is 0.507 e. The second-order valence-electron chi connectivity index (χ2n) is 6.45. The van der Waals surface area contributed by atoms with Crippen LogP contribution in [0.1, 0.15) is 43.7 Å². The fourth-order valence-corrected chi connectivity index (χ4v) is 3.12. The van der Waals surface area contributed by atoms with Gasteiger partial charge >= 0.3 is 11.3 Å². The summed E-state index contributed by atoms with van der Waals surface area (Å²) in [5.74, 6) is 1.17. The number of fused-ring (bicyclic) bond motifs is 1. The molecule has 0 bridgehead atoms. The molecule has 0 atom stereocenters. The van der Waals surface area contributed by atoms with Crippen molar-refractivity contribution in [3.05, 3.63) is 59.7 Å². The number of phenols is 1. The first kappa shape index (κ1) is 16.5. The standard InChI is InChI=1S/C22H24O2/c1-3-4-5-7-12-18-14-19-16(2)13-21(17-10-8-6-9-11-17)24-22(19)15-20(18)23/h6,8-11,13-15H,3-5,7,12H2,1-2H3/p+1. The van der Waals surface area contributed by atoms with Crippen molar-refractivity contribution in [3.8, 4) is 17.1 Å². The number of phenolic OH excluding ortho intramolecular Hbond substituents is 1. The first-order chi connectivity index (χ1) is 11.7. The molecule has 0 saturated heterocycles. The van der Waals surface area contributed by atoms with Crippen molar-refractivity contribution in [2.24, 2.45) is 0 Å². The third-order valence-corrected chi connectivity index (χ3v) is 4.53. The molecule has 124 valence electrons. The number of rotatable bonds is 6. The molecule has 3 rings (SSSR count). The lowest BCUT2D eigenvalue weighted by Gasteiger charge is -2.05. The van der Waals surface area contributed by atoms with Gasteiger partial charge < -0.3 is 5.11 Å².